The molecule has 0 saturated carbocycles. The summed E-state index contributed by atoms with van der Waals surface area (Å²) in [6, 6.07) is 19.9. The molecular weight excluding hydrogens is 312 g/mol. The van der Waals surface area contributed by atoms with Crippen molar-refractivity contribution in [3.63, 3.8) is 0 Å². The third kappa shape index (κ3) is 3.01. The second-order valence-corrected chi connectivity index (χ2v) is 6.31. The summed E-state index contributed by atoms with van der Waals surface area (Å²) in [5.41, 5.74) is 4.67. The van der Waals surface area contributed by atoms with Gasteiger partial charge in [0.15, 0.2) is 0 Å². The van der Waals surface area contributed by atoms with Crippen molar-refractivity contribution in [2.75, 3.05) is 25.0 Å². The van der Waals surface area contributed by atoms with E-state index in [1.165, 1.54) is 11.3 Å². The van der Waals surface area contributed by atoms with Crippen LogP contribution in [0.5, 0.6) is 0 Å². The van der Waals surface area contributed by atoms with E-state index >= 15 is 0 Å². The van der Waals surface area contributed by atoms with Gasteiger partial charge in [0.2, 0.25) is 0 Å². The lowest BCUT2D eigenvalue weighted by Crippen LogP contribution is -2.34. The Bertz CT molecular complexity index is 887. The molecule has 1 aliphatic rings. The molecule has 3 aromatic rings. The van der Waals surface area contributed by atoms with Crippen molar-refractivity contribution in [3.05, 3.63) is 71.9 Å². The van der Waals surface area contributed by atoms with Crippen LogP contribution in [0.1, 0.15) is 16.1 Å². The number of nitrogens with one attached hydrogen (secondary N) is 1. The Morgan fingerprint density at radius 2 is 1.80 bits per heavy atom. The number of carbonyl (C=O) groups excluding carboxylic acids is 1. The summed E-state index contributed by atoms with van der Waals surface area (Å²) in [5.74, 6) is -0.0141. The van der Waals surface area contributed by atoms with Crippen LogP contribution in [0.3, 0.4) is 0 Å². The lowest BCUT2D eigenvalue weighted by atomic mass is 10.1. The number of likely N-dealkylation sites (N-methyl/N-ethyl adjacent to an activating group) is 1. The van der Waals surface area contributed by atoms with Gasteiger partial charge in [0.25, 0.3) is 5.91 Å². The van der Waals surface area contributed by atoms with E-state index in [-0.39, 0.29) is 5.91 Å². The normalized spacial score (nSPS) is 14.1. The maximum Gasteiger partial charge on any atom is 0.272 e. The second-order valence-electron chi connectivity index (χ2n) is 6.31. The molecule has 1 aliphatic heterocycles. The molecule has 2 aromatic carbocycles. The Labute approximate surface area is 146 Å². The number of hydrogen-bond donors (Lipinski definition) is 1. The van der Waals surface area contributed by atoms with E-state index in [0.717, 1.165) is 17.8 Å². The van der Waals surface area contributed by atoms with Crippen molar-refractivity contribution in [3.8, 4) is 11.3 Å². The molecule has 5 heteroatoms. The van der Waals surface area contributed by atoms with Crippen LogP contribution in [0.4, 0.5) is 5.69 Å². The standard InChI is InChI=1S/C20H20N4O/c1-23-11-12-24(14-16-9-5-6-10-19(16)23)20(25)18-13-17(21-22-18)15-7-3-2-4-8-15/h2-10,13H,11-12,14H2,1H3,(H,21,22). The fourth-order valence-electron chi connectivity index (χ4n) is 3.22. The fraction of sp³-hybridized carbons (Fsp3) is 0.200. The molecule has 0 unspecified atom stereocenters. The molecule has 1 N–H and O–H groups in total. The zero-order valence-corrected chi connectivity index (χ0v) is 14.1. The molecule has 1 amide bonds. The first-order valence-corrected chi connectivity index (χ1v) is 8.41. The molecule has 0 bridgehead atoms. The van der Waals surface area contributed by atoms with Crippen LogP contribution < -0.4 is 4.90 Å². The molecule has 0 spiro atoms. The largest absolute Gasteiger partial charge is 0.373 e. The van der Waals surface area contributed by atoms with Gasteiger partial charge < -0.3 is 9.80 Å². The number of H-pyrrole nitrogens is 1. The van der Waals surface area contributed by atoms with Crippen LogP contribution in [0, 0.1) is 0 Å². The Morgan fingerprint density at radius 1 is 1.04 bits per heavy atom. The second kappa shape index (κ2) is 6.43. The SMILES string of the molecule is CN1CCN(C(=O)c2cc(-c3ccccc3)n[nH]2)Cc2ccccc21. The third-order valence-electron chi connectivity index (χ3n) is 4.63. The first-order valence-electron chi connectivity index (χ1n) is 8.41. The fourth-order valence-corrected chi connectivity index (χ4v) is 3.22. The van der Waals surface area contributed by atoms with Crippen LogP contribution >= 0.6 is 0 Å². The zero-order chi connectivity index (χ0) is 17.2. The van der Waals surface area contributed by atoms with Gasteiger partial charge in [-0.15, -0.1) is 0 Å². The molecular formula is C20H20N4O. The van der Waals surface area contributed by atoms with E-state index in [2.05, 4.69) is 34.3 Å². The number of anilines is 1. The summed E-state index contributed by atoms with van der Waals surface area (Å²) >= 11 is 0. The summed E-state index contributed by atoms with van der Waals surface area (Å²) in [5, 5.41) is 7.20. The summed E-state index contributed by atoms with van der Waals surface area (Å²) in [6.07, 6.45) is 0. The van der Waals surface area contributed by atoms with Crippen LogP contribution in [0.15, 0.2) is 60.7 Å². The predicted molar refractivity (Wildman–Crippen MR) is 98.5 cm³/mol. The minimum Gasteiger partial charge on any atom is -0.373 e. The monoisotopic (exact) mass is 332 g/mol. The van der Waals surface area contributed by atoms with E-state index in [9.17, 15) is 4.79 Å². The summed E-state index contributed by atoms with van der Waals surface area (Å²) in [7, 11) is 2.07. The highest BCUT2D eigenvalue weighted by Gasteiger charge is 2.23. The summed E-state index contributed by atoms with van der Waals surface area (Å²) in [4.78, 5) is 17.0. The number of rotatable bonds is 2. The average Bonchev–Trinajstić information content (AvgIpc) is 3.09. The topological polar surface area (TPSA) is 52.2 Å². The first kappa shape index (κ1) is 15.4. The number of para-hydroxylation sites is 1. The van der Waals surface area contributed by atoms with E-state index in [1.807, 2.05) is 53.4 Å². The Hall–Kier alpha value is -3.08. The number of hydrogen-bond acceptors (Lipinski definition) is 3. The Kier molecular flexibility index (Phi) is 3.98. The number of aromatic nitrogens is 2. The number of amides is 1. The lowest BCUT2D eigenvalue weighted by molar-refractivity contribution is 0.0746. The minimum atomic E-state index is -0.0141. The van der Waals surface area contributed by atoms with Gasteiger partial charge in [-0.05, 0) is 17.7 Å². The molecule has 0 fully saturated rings. The quantitative estimate of drug-likeness (QED) is 0.784. The van der Waals surface area contributed by atoms with Gasteiger partial charge in [-0.3, -0.25) is 9.89 Å². The molecule has 0 aliphatic carbocycles. The van der Waals surface area contributed by atoms with E-state index < -0.39 is 0 Å². The highest BCUT2D eigenvalue weighted by Crippen LogP contribution is 2.25. The third-order valence-corrected chi connectivity index (χ3v) is 4.63. The highest BCUT2D eigenvalue weighted by atomic mass is 16.2. The van der Waals surface area contributed by atoms with E-state index in [4.69, 9.17) is 0 Å². The molecule has 4 rings (SSSR count). The minimum absolute atomic E-state index is 0.0141. The first-order chi connectivity index (χ1) is 12.2. The van der Waals surface area contributed by atoms with Crippen molar-refractivity contribution in [2.45, 2.75) is 6.54 Å². The van der Waals surface area contributed by atoms with Gasteiger partial charge in [0.05, 0.1) is 5.69 Å². The van der Waals surface area contributed by atoms with E-state index in [1.54, 1.807) is 0 Å². The average molecular weight is 332 g/mol. The molecule has 126 valence electrons. The van der Waals surface area contributed by atoms with Gasteiger partial charge in [0, 0.05) is 37.9 Å². The maximum absolute atomic E-state index is 12.9. The van der Waals surface area contributed by atoms with Crippen molar-refractivity contribution < 1.29 is 4.79 Å². The number of benzene rings is 2. The lowest BCUT2D eigenvalue weighted by Gasteiger charge is -2.20. The molecule has 2 heterocycles. The molecule has 0 saturated heterocycles. The van der Waals surface area contributed by atoms with Crippen molar-refractivity contribution >= 4 is 11.6 Å². The van der Waals surface area contributed by atoms with Crippen molar-refractivity contribution in [2.24, 2.45) is 0 Å². The Balaban J connectivity index is 1.58. The molecule has 25 heavy (non-hydrogen) atoms. The van der Waals surface area contributed by atoms with Crippen molar-refractivity contribution in [1.82, 2.24) is 15.1 Å². The smallest absolute Gasteiger partial charge is 0.272 e. The number of fused-ring (bicyclic) bond motifs is 1. The molecule has 5 nitrogen and oxygen atoms in total. The van der Waals surface area contributed by atoms with Gasteiger partial charge in [-0.1, -0.05) is 48.5 Å². The van der Waals surface area contributed by atoms with Crippen LogP contribution in [0.2, 0.25) is 0 Å². The van der Waals surface area contributed by atoms with Gasteiger partial charge in [0.1, 0.15) is 5.69 Å². The summed E-state index contributed by atoms with van der Waals surface area (Å²) < 4.78 is 0. The predicted octanol–water partition coefficient (Wildman–Crippen LogP) is 3.17. The Morgan fingerprint density at radius 3 is 2.64 bits per heavy atom. The van der Waals surface area contributed by atoms with Crippen LogP contribution in [0.25, 0.3) is 11.3 Å². The van der Waals surface area contributed by atoms with Crippen molar-refractivity contribution in [1.29, 1.82) is 0 Å². The highest BCUT2D eigenvalue weighted by molar-refractivity contribution is 5.93. The molecule has 1 aromatic heterocycles. The van der Waals surface area contributed by atoms with Gasteiger partial charge in [-0.2, -0.15) is 5.10 Å². The summed E-state index contributed by atoms with van der Waals surface area (Å²) in [6.45, 7) is 2.10. The number of nitrogens with zero attached hydrogens (tertiary/aromatic N) is 3. The van der Waals surface area contributed by atoms with Crippen LogP contribution in [-0.2, 0) is 6.54 Å². The van der Waals surface area contributed by atoms with Crippen LogP contribution in [-0.4, -0.2) is 41.1 Å². The van der Waals surface area contributed by atoms with E-state index in [0.29, 0.717) is 18.8 Å². The molecule has 0 radical (unpaired) electrons. The number of carbonyl (C=O) groups is 1. The maximum atomic E-state index is 12.9. The van der Waals surface area contributed by atoms with Gasteiger partial charge >= 0.3 is 0 Å². The number of aromatic amines is 1. The van der Waals surface area contributed by atoms with Gasteiger partial charge in [-0.25, -0.2) is 0 Å². The zero-order valence-electron chi connectivity index (χ0n) is 14.1. The molecule has 0 atom stereocenters.